The summed E-state index contributed by atoms with van der Waals surface area (Å²) in [5, 5.41) is 2.41. The van der Waals surface area contributed by atoms with E-state index in [1.165, 1.54) is 24.3 Å². The average molecular weight is 300 g/mol. The highest BCUT2D eigenvalue weighted by atomic mass is 79.9. The molecule has 0 N–H and O–H groups in total. The van der Waals surface area contributed by atoms with Crippen LogP contribution in [0.25, 0.3) is 0 Å². The molecule has 2 unspecified atom stereocenters. The summed E-state index contributed by atoms with van der Waals surface area (Å²) in [6.07, 6.45) is 0. The van der Waals surface area contributed by atoms with Crippen LogP contribution in [0.15, 0.2) is 24.3 Å². The van der Waals surface area contributed by atoms with E-state index >= 15 is 0 Å². The number of halogens is 1. The Kier molecular flexibility index (Phi) is 4.20. The first-order valence-electron chi connectivity index (χ1n) is 5.74. The summed E-state index contributed by atoms with van der Waals surface area (Å²) in [6, 6.07) is 8.90. The van der Waals surface area contributed by atoms with Gasteiger partial charge in [-0.05, 0) is 17.7 Å². The van der Waals surface area contributed by atoms with Gasteiger partial charge in [0.05, 0.1) is 0 Å². The van der Waals surface area contributed by atoms with Crippen molar-refractivity contribution in [2.24, 2.45) is 0 Å². The molecule has 2 rings (SSSR count). The topological polar surface area (TPSA) is 3.24 Å². The maximum absolute atomic E-state index is 3.48. The zero-order valence-electron chi connectivity index (χ0n) is 9.82. The fraction of sp³-hybridized carbons (Fsp3) is 0.538. The molecule has 1 aliphatic heterocycles. The van der Waals surface area contributed by atoms with Crippen molar-refractivity contribution < 1.29 is 0 Å². The zero-order valence-corrected chi connectivity index (χ0v) is 12.2. The summed E-state index contributed by atoms with van der Waals surface area (Å²) in [5.41, 5.74) is 2.71. The minimum atomic E-state index is 0.736. The molecule has 0 saturated carbocycles. The van der Waals surface area contributed by atoms with Crippen molar-refractivity contribution >= 4 is 33.4 Å². The molecule has 1 aliphatic rings. The SMILES string of the molecule is CC1CN(c2ccc(CBr)cc2)CC(C)S1. The number of anilines is 1. The summed E-state index contributed by atoms with van der Waals surface area (Å²) in [4.78, 5) is 2.50. The first-order chi connectivity index (χ1) is 7.69. The van der Waals surface area contributed by atoms with Crippen molar-refractivity contribution in [3.8, 4) is 0 Å². The van der Waals surface area contributed by atoms with E-state index in [0.29, 0.717) is 0 Å². The summed E-state index contributed by atoms with van der Waals surface area (Å²) in [6.45, 7) is 6.98. The number of alkyl halides is 1. The summed E-state index contributed by atoms with van der Waals surface area (Å²) in [7, 11) is 0. The smallest absolute Gasteiger partial charge is 0.0367 e. The zero-order chi connectivity index (χ0) is 11.5. The van der Waals surface area contributed by atoms with E-state index in [-0.39, 0.29) is 0 Å². The minimum Gasteiger partial charge on any atom is -0.369 e. The lowest BCUT2D eigenvalue weighted by Gasteiger charge is -2.36. The van der Waals surface area contributed by atoms with Crippen molar-refractivity contribution in [1.29, 1.82) is 0 Å². The molecule has 16 heavy (non-hydrogen) atoms. The van der Waals surface area contributed by atoms with Crippen LogP contribution in [0, 0.1) is 0 Å². The van der Waals surface area contributed by atoms with Gasteiger partial charge in [0.1, 0.15) is 0 Å². The molecular weight excluding hydrogens is 282 g/mol. The van der Waals surface area contributed by atoms with Crippen LogP contribution in [0.2, 0.25) is 0 Å². The lowest BCUT2D eigenvalue weighted by Crippen LogP contribution is -2.40. The molecular formula is C13H18BrNS. The van der Waals surface area contributed by atoms with Gasteiger partial charge in [0.2, 0.25) is 0 Å². The molecule has 0 aromatic heterocycles. The van der Waals surface area contributed by atoms with E-state index in [2.05, 4.69) is 70.7 Å². The average Bonchev–Trinajstić information content (AvgIpc) is 2.28. The first-order valence-corrected chi connectivity index (χ1v) is 7.81. The third-order valence-corrected chi connectivity index (χ3v) is 4.75. The fourth-order valence-corrected chi connectivity index (χ4v) is 3.88. The molecule has 0 radical (unpaired) electrons. The lowest BCUT2D eigenvalue weighted by atomic mass is 10.2. The van der Waals surface area contributed by atoms with Gasteiger partial charge >= 0.3 is 0 Å². The molecule has 1 heterocycles. The number of thioether (sulfide) groups is 1. The number of nitrogens with zero attached hydrogens (tertiary/aromatic N) is 1. The molecule has 1 nitrogen and oxygen atoms in total. The normalized spacial score (nSPS) is 25.8. The van der Waals surface area contributed by atoms with E-state index < -0.39 is 0 Å². The van der Waals surface area contributed by atoms with Crippen molar-refractivity contribution in [2.75, 3.05) is 18.0 Å². The number of hydrogen-bond acceptors (Lipinski definition) is 2. The number of hydrogen-bond donors (Lipinski definition) is 0. The van der Waals surface area contributed by atoms with E-state index in [9.17, 15) is 0 Å². The van der Waals surface area contributed by atoms with Gasteiger partial charge in [0.15, 0.2) is 0 Å². The molecule has 1 aromatic carbocycles. The Morgan fingerprint density at radius 2 is 1.75 bits per heavy atom. The highest BCUT2D eigenvalue weighted by molar-refractivity contribution is 9.08. The predicted molar refractivity (Wildman–Crippen MR) is 77.8 cm³/mol. The van der Waals surface area contributed by atoms with Crippen LogP contribution in [-0.4, -0.2) is 23.6 Å². The van der Waals surface area contributed by atoms with Crippen LogP contribution in [0.5, 0.6) is 0 Å². The highest BCUT2D eigenvalue weighted by Crippen LogP contribution is 2.28. The Bertz CT molecular complexity index is 328. The van der Waals surface area contributed by atoms with E-state index in [0.717, 1.165) is 15.8 Å². The second-order valence-electron chi connectivity index (χ2n) is 4.46. The van der Waals surface area contributed by atoms with Crippen LogP contribution in [0.4, 0.5) is 5.69 Å². The molecule has 0 bridgehead atoms. The maximum Gasteiger partial charge on any atom is 0.0367 e. The molecule has 0 aliphatic carbocycles. The lowest BCUT2D eigenvalue weighted by molar-refractivity contribution is 0.728. The second-order valence-corrected chi connectivity index (χ2v) is 6.90. The van der Waals surface area contributed by atoms with Gasteiger partial charge in [-0.25, -0.2) is 0 Å². The third-order valence-electron chi connectivity index (χ3n) is 2.88. The Balaban J connectivity index is 2.10. The largest absolute Gasteiger partial charge is 0.369 e. The van der Waals surface area contributed by atoms with Gasteiger partial charge in [-0.15, -0.1) is 0 Å². The quantitative estimate of drug-likeness (QED) is 0.762. The predicted octanol–water partition coefficient (Wildman–Crippen LogP) is 3.91. The Morgan fingerprint density at radius 1 is 1.19 bits per heavy atom. The standard InChI is InChI=1S/C13H18BrNS/c1-10-8-15(9-11(2)16-10)13-5-3-12(7-14)4-6-13/h3-6,10-11H,7-9H2,1-2H3. The molecule has 0 amide bonds. The van der Waals surface area contributed by atoms with Crippen molar-refractivity contribution in [1.82, 2.24) is 0 Å². The summed E-state index contributed by atoms with van der Waals surface area (Å²) >= 11 is 5.58. The summed E-state index contributed by atoms with van der Waals surface area (Å²) in [5.74, 6) is 0. The highest BCUT2D eigenvalue weighted by Gasteiger charge is 2.22. The Hall–Kier alpha value is -0.150. The van der Waals surface area contributed by atoms with Crippen LogP contribution in [0.1, 0.15) is 19.4 Å². The molecule has 2 atom stereocenters. The molecule has 1 saturated heterocycles. The summed E-state index contributed by atoms with van der Waals surface area (Å²) < 4.78 is 0. The van der Waals surface area contributed by atoms with Gasteiger partial charge in [0.25, 0.3) is 0 Å². The van der Waals surface area contributed by atoms with Gasteiger partial charge in [-0.1, -0.05) is 41.9 Å². The second kappa shape index (κ2) is 5.46. The fourth-order valence-electron chi connectivity index (χ4n) is 2.18. The Morgan fingerprint density at radius 3 is 2.25 bits per heavy atom. The molecule has 0 spiro atoms. The van der Waals surface area contributed by atoms with Crippen LogP contribution < -0.4 is 4.90 Å². The van der Waals surface area contributed by atoms with Crippen molar-refractivity contribution in [3.63, 3.8) is 0 Å². The van der Waals surface area contributed by atoms with Gasteiger partial charge in [0, 0.05) is 34.6 Å². The molecule has 1 aromatic rings. The van der Waals surface area contributed by atoms with Gasteiger partial charge in [-0.3, -0.25) is 0 Å². The first kappa shape index (κ1) is 12.3. The molecule has 88 valence electrons. The van der Waals surface area contributed by atoms with Gasteiger partial charge < -0.3 is 4.90 Å². The van der Waals surface area contributed by atoms with Crippen LogP contribution in [-0.2, 0) is 5.33 Å². The van der Waals surface area contributed by atoms with E-state index in [4.69, 9.17) is 0 Å². The van der Waals surface area contributed by atoms with Crippen molar-refractivity contribution in [2.45, 2.75) is 29.7 Å². The third kappa shape index (κ3) is 2.95. The minimum absolute atomic E-state index is 0.736. The maximum atomic E-state index is 3.48. The van der Waals surface area contributed by atoms with Crippen LogP contribution >= 0.6 is 27.7 Å². The van der Waals surface area contributed by atoms with E-state index in [1.807, 2.05) is 0 Å². The Labute approximate surface area is 111 Å². The number of benzene rings is 1. The van der Waals surface area contributed by atoms with Crippen LogP contribution in [0.3, 0.4) is 0 Å². The van der Waals surface area contributed by atoms with Crippen molar-refractivity contribution in [3.05, 3.63) is 29.8 Å². The molecule has 1 fully saturated rings. The monoisotopic (exact) mass is 299 g/mol. The number of rotatable bonds is 2. The van der Waals surface area contributed by atoms with E-state index in [1.54, 1.807) is 0 Å². The molecule has 3 heteroatoms. The van der Waals surface area contributed by atoms with Gasteiger partial charge in [-0.2, -0.15) is 11.8 Å².